The van der Waals surface area contributed by atoms with Gasteiger partial charge in [-0.05, 0) is 35.3 Å². The van der Waals surface area contributed by atoms with Crippen LogP contribution in [0.1, 0.15) is 30.7 Å². The van der Waals surface area contributed by atoms with Crippen molar-refractivity contribution in [1.82, 2.24) is 20.2 Å². The van der Waals surface area contributed by atoms with Crippen LogP contribution in [-0.2, 0) is 24.7 Å². The maximum atomic E-state index is 10.7. The lowest BCUT2D eigenvalue weighted by molar-refractivity contribution is 0.164. The van der Waals surface area contributed by atoms with Gasteiger partial charge in [-0.25, -0.2) is 9.79 Å². The van der Waals surface area contributed by atoms with Crippen LogP contribution in [-0.4, -0.2) is 20.2 Å². The first-order chi connectivity index (χ1) is 8.90. The van der Waals surface area contributed by atoms with E-state index in [1.165, 1.54) is 5.56 Å². The molecule has 0 aliphatic rings. The number of aryl methyl sites for hydroxylation is 2. The van der Waals surface area contributed by atoms with Gasteiger partial charge in [-0.2, -0.15) is 0 Å². The highest BCUT2D eigenvalue weighted by atomic mass is 16.3. The molecule has 2 rings (SSSR count). The second-order valence-electron chi connectivity index (χ2n) is 4.26. The van der Waals surface area contributed by atoms with Crippen LogP contribution in [0.25, 0.3) is 0 Å². The third-order valence-corrected chi connectivity index (χ3v) is 2.91. The van der Waals surface area contributed by atoms with E-state index in [4.69, 9.17) is 0 Å². The summed E-state index contributed by atoms with van der Waals surface area (Å²) in [5, 5.41) is 21.7. The molecular weight excluding hydrogens is 228 g/mol. The molecule has 5 nitrogen and oxygen atoms in total. The summed E-state index contributed by atoms with van der Waals surface area (Å²) in [6.07, 6.45) is 4.38. The molecule has 1 aromatic carbocycles. The largest absolute Gasteiger partial charge is 0.228 e. The quantitative estimate of drug-likeness (QED) is 0.701. The lowest BCUT2D eigenvalue weighted by Gasteiger charge is -2.03. The van der Waals surface area contributed by atoms with Gasteiger partial charge in [0, 0.05) is 6.54 Å². The van der Waals surface area contributed by atoms with Gasteiger partial charge in [0.15, 0.2) is 5.82 Å². The number of tetrazole rings is 1. The van der Waals surface area contributed by atoms with Crippen molar-refractivity contribution in [2.24, 2.45) is 0 Å². The van der Waals surface area contributed by atoms with Crippen molar-refractivity contribution < 1.29 is 5.11 Å². The smallest absolute Gasteiger partial charge is 0.180 e. The Kier molecular flexibility index (Phi) is 4.84. The fourth-order valence-corrected chi connectivity index (χ4v) is 1.91. The molecule has 0 saturated heterocycles. The van der Waals surface area contributed by atoms with Crippen LogP contribution < -0.4 is 0 Å². The summed E-state index contributed by atoms with van der Waals surface area (Å²) in [6.45, 7) is 0.385. The lowest BCUT2D eigenvalue weighted by atomic mass is 10.1. The number of benzene rings is 1. The van der Waals surface area contributed by atoms with E-state index < -0.39 is 0 Å². The predicted octanol–water partition coefficient (Wildman–Crippen LogP) is 2.02. The van der Waals surface area contributed by atoms with Crippen LogP contribution in [0.3, 0.4) is 0 Å². The van der Waals surface area contributed by atoms with Gasteiger partial charge in [-0.1, -0.05) is 36.8 Å². The highest BCUT2D eigenvalue weighted by molar-refractivity contribution is 5.14. The average molecular weight is 245 g/mol. The summed E-state index contributed by atoms with van der Waals surface area (Å²) in [5.41, 5.74) is 1.38. The number of hydrogen-bond donors (Lipinski definition) is 0. The SMILES string of the molecule is [O]Cc1nnnn1CCCCCc1ccccc1. The summed E-state index contributed by atoms with van der Waals surface area (Å²) in [4.78, 5) is 0. The monoisotopic (exact) mass is 245 g/mol. The molecule has 1 radical (unpaired) electrons. The normalized spacial score (nSPS) is 10.7. The molecule has 95 valence electrons. The summed E-state index contributed by atoms with van der Waals surface area (Å²) in [6, 6.07) is 10.5. The van der Waals surface area contributed by atoms with E-state index in [2.05, 4.69) is 39.8 Å². The summed E-state index contributed by atoms with van der Waals surface area (Å²) in [5.74, 6) is 0.429. The molecule has 0 fully saturated rings. The molecule has 0 N–H and O–H groups in total. The van der Waals surface area contributed by atoms with Crippen LogP contribution in [0.2, 0.25) is 0 Å². The van der Waals surface area contributed by atoms with Gasteiger partial charge in [0.05, 0.1) is 0 Å². The lowest BCUT2D eigenvalue weighted by Crippen LogP contribution is -2.05. The highest BCUT2D eigenvalue weighted by Gasteiger charge is 2.03. The summed E-state index contributed by atoms with van der Waals surface area (Å²) >= 11 is 0. The Morgan fingerprint density at radius 1 is 1.06 bits per heavy atom. The van der Waals surface area contributed by atoms with Crippen LogP contribution in [0, 0.1) is 0 Å². The van der Waals surface area contributed by atoms with Crippen LogP contribution in [0.4, 0.5) is 0 Å². The maximum absolute atomic E-state index is 10.7. The minimum absolute atomic E-state index is 0.350. The number of nitrogens with zero attached hydrogens (tertiary/aromatic N) is 4. The Labute approximate surface area is 106 Å². The van der Waals surface area contributed by atoms with E-state index in [-0.39, 0.29) is 6.61 Å². The molecule has 0 spiro atoms. The third kappa shape index (κ3) is 3.63. The Balaban J connectivity index is 1.65. The van der Waals surface area contributed by atoms with E-state index in [1.54, 1.807) is 4.68 Å². The summed E-state index contributed by atoms with van der Waals surface area (Å²) in [7, 11) is 0. The molecule has 1 aromatic heterocycles. The van der Waals surface area contributed by atoms with Gasteiger partial charge in [0.25, 0.3) is 0 Å². The van der Waals surface area contributed by atoms with Gasteiger partial charge < -0.3 is 0 Å². The average Bonchev–Trinajstić information content (AvgIpc) is 2.87. The number of hydrogen-bond acceptors (Lipinski definition) is 3. The minimum Gasteiger partial charge on any atom is -0.228 e. The molecule has 0 amide bonds. The van der Waals surface area contributed by atoms with Gasteiger partial charge >= 0.3 is 0 Å². The molecule has 0 bridgehead atoms. The van der Waals surface area contributed by atoms with Gasteiger partial charge in [0.2, 0.25) is 0 Å². The van der Waals surface area contributed by atoms with Crippen molar-refractivity contribution >= 4 is 0 Å². The number of aromatic nitrogens is 4. The van der Waals surface area contributed by atoms with Crippen LogP contribution >= 0.6 is 0 Å². The molecule has 18 heavy (non-hydrogen) atoms. The van der Waals surface area contributed by atoms with E-state index in [9.17, 15) is 5.11 Å². The van der Waals surface area contributed by atoms with Gasteiger partial charge in [0.1, 0.15) is 6.61 Å². The molecule has 2 aromatic rings. The van der Waals surface area contributed by atoms with Crippen LogP contribution in [0.5, 0.6) is 0 Å². The zero-order chi connectivity index (χ0) is 12.6. The van der Waals surface area contributed by atoms with Crippen molar-refractivity contribution in [3.63, 3.8) is 0 Å². The summed E-state index contributed by atoms with van der Waals surface area (Å²) < 4.78 is 1.61. The van der Waals surface area contributed by atoms with Crippen molar-refractivity contribution in [2.45, 2.75) is 38.8 Å². The Morgan fingerprint density at radius 2 is 1.89 bits per heavy atom. The highest BCUT2D eigenvalue weighted by Crippen LogP contribution is 2.07. The minimum atomic E-state index is -0.350. The topological polar surface area (TPSA) is 63.5 Å². The zero-order valence-corrected chi connectivity index (χ0v) is 10.3. The number of rotatable bonds is 7. The first-order valence-electron chi connectivity index (χ1n) is 6.27. The predicted molar refractivity (Wildman–Crippen MR) is 66.2 cm³/mol. The first-order valence-corrected chi connectivity index (χ1v) is 6.27. The molecule has 0 unspecified atom stereocenters. The molecule has 0 aliphatic carbocycles. The molecule has 0 atom stereocenters. The van der Waals surface area contributed by atoms with Crippen molar-refractivity contribution in [1.29, 1.82) is 0 Å². The molecular formula is C13H17N4O. The fraction of sp³-hybridized carbons (Fsp3) is 0.462. The van der Waals surface area contributed by atoms with E-state index in [1.807, 2.05) is 6.07 Å². The van der Waals surface area contributed by atoms with Crippen molar-refractivity contribution in [3.8, 4) is 0 Å². The Morgan fingerprint density at radius 3 is 2.67 bits per heavy atom. The fourth-order valence-electron chi connectivity index (χ4n) is 1.91. The van der Waals surface area contributed by atoms with Gasteiger partial charge in [-0.15, -0.1) is 5.10 Å². The first kappa shape index (κ1) is 12.7. The Bertz CT molecular complexity index is 455. The van der Waals surface area contributed by atoms with E-state index >= 15 is 0 Å². The molecule has 0 saturated carbocycles. The van der Waals surface area contributed by atoms with Crippen molar-refractivity contribution in [2.75, 3.05) is 0 Å². The van der Waals surface area contributed by atoms with E-state index in [0.717, 1.165) is 32.2 Å². The zero-order valence-electron chi connectivity index (χ0n) is 10.3. The van der Waals surface area contributed by atoms with Gasteiger partial charge in [-0.3, -0.25) is 0 Å². The standard InChI is InChI=1S/C13H17N4O/c18-11-13-14-15-16-17(13)10-6-2-5-9-12-7-3-1-4-8-12/h1,3-4,7-8H,2,5-6,9-11H2. The number of unbranched alkanes of at least 4 members (excludes halogenated alkanes) is 2. The molecule has 5 heteroatoms. The second kappa shape index (κ2) is 6.86. The molecule has 1 heterocycles. The maximum Gasteiger partial charge on any atom is 0.180 e. The van der Waals surface area contributed by atoms with E-state index in [0.29, 0.717) is 5.82 Å². The third-order valence-electron chi connectivity index (χ3n) is 2.91. The van der Waals surface area contributed by atoms with Crippen LogP contribution in [0.15, 0.2) is 30.3 Å². The van der Waals surface area contributed by atoms with Crippen molar-refractivity contribution in [3.05, 3.63) is 41.7 Å². The molecule has 0 aliphatic heterocycles. The second-order valence-corrected chi connectivity index (χ2v) is 4.26. The Hall–Kier alpha value is -1.75.